The van der Waals surface area contributed by atoms with Crippen molar-refractivity contribution in [3.05, 3.63) is 63.7 Å². The quantitative estimate of drug-likeness (QED) is 0.492. The second kappa shape index (κ2) is 5.53. The number of nitro groups is 1. The van der Waals surface area contributed by atoms with Gasteiger partial charge in [-0.2, -0.15) is 8.42 Å². The molecule has 7 heteroatoms. The Labute approximate surface area is 122 Å². The lowest BCUT2D eigenvalue weighted by atomic mass is 10.2. The van der Waals surface area contributed by atoms with Crippen LogP contribution in [0.25, 0.3) is 0 Å². The highest BCUT2D eigenvalue weighted by Gasteiger charge is 2.22. The fourth-order valence-corrected chi connectivity index (χ4v) is 3.04. The molecule has 110 valence electrons. The zero-order chi connectivity index (χ0) is 15.6. The zero-order valence-corrected chi connectivity index (χ0v) is 12.3. The molecule has 0 bridgehead atoms. The van der Waals surface area contributed by atoms with Crippen molar-refractivity contribution >= 4 is 15.8 Å². The van der Waals surface area contributed by atoms with Crippen molar-refractivity contribution < 1.29 is 17.5 Å². The first kappa shape index (κ1) is 15.0. The monoisotopic (exact) mass is 307 g/mol. The van der Waals surface area contributed by atoms with Crippen molar-refractivity contribution in [3.63, 3.8) is 0 Å². The Morgan fingerprint density at radius 3 is 2.29 bits per heavy atom. The molecule has 21 heavy (non-hydrogen) atoms. The van der Waals surface area contributed by atoms with Gasteiger partial charge in [-0.05, 0) is 37.1 Å². The lowest BCUT2D eigenvalue weighted by molar-refractivity contribution is -0.385. The SMILES string of the molecule is Cc1ccccc1OS(=O)(=O)c1ccc([N+](=O)[O-])cc1C. The Balaban J connectivity index is 2.41. The maximum atomic E-state index is 12.3. The van der Waals surface area contributed by atoms with E-state index in [0.717, 1.165) is 6.07 Å². The number of hydrogen-bond donors (Lipinski definition) is 0. The molecule has 0 aliphatic rings. The molecule has 6 nitrogen and oxygen atoms in total. The first-order valence-corrected chi connectivity index (χ1v) is 7.47. The third kappa shape index (κ3) is 3.19. The van der Waals surface area contributed by atoms with Crippen LogP contribution < -0.4 is 4.18 Å². The van der Waals surface area contributed by atoms with Crippen LogP contribution in [0.15, 0.2) is 47.4 Å². The first-order chi connectivity index (χ1) is 9.81. The molecule has 2 aromatic carbocycles. The first-order valence-electron chi connectivity index (χ1n) is 6.06. The molecule has 0 radical (unpaired) electrons. The largest absolute Gasteiger partial charge is 0.379 e. The number of para-hydroxylation sites is 1. The lowest BCUT2D eigenvalue weighted by Gasteiger charge is -2.10. The summed E-state index contributed by atoms with van der Waals surface area (Å²) in [6.45, 7) is 3.22. The average Bonchev–Trinajstić information content (AvgIpc) is 2.40. The second-order valence-electron chi connectivity index (χ2n) is 4.51. The van der Waals surface area contributed by atoms with E-state index in [1.165, 1.54) is 19.1 Å². The minimum Gasteiger partial charge on any atom is -0.379 e. The van der Waals surface area contributed by atoms with Crippen LogP contribution in [0, 0.1) is 24.0 Å². The molecule has 0 fully saturated rings. The van der Waals surface area contributed by atoms with Gasteiger partial charge >= 0.3 is 10.1 Å². The molecule has 0 amide bonds. The lowest BCUT2D eigenvalue weighted by Crippen LogP contribution is -2.12. The van der Waals surface area contributed by atoms with E-state index in [9.17, 15) is 18.5 Å². The normalized spacial score (nSPS) is 11.1. The number of benzene rings is 2. The van der Waals surface area contributed by atoms with E-state index in [0.29, 0.717) is 5.56 Å². The Kier molecular flexibility index (Phi) is 3.95. The number of rotatable bonds is 4. The average molecular weight is 307 g/mol. The molecule has 0 aliphatic heterocycles. The standard InChI is InChI=1S/C14H13NO5S/c1-10-5-3-4-6-13(10)20-21(18,19)14-8-7-12(15(16)17)9-11(14)2/h3-9H,1-2H3. The number of non-ortho nitro benzene ring substituents is 1. The summed E-state index contributed by atoms with van der Waals surface area (Å²) < 4.78 is 29.6. The van der Waals surface area contributed by atoms with Gasteiger partial charge in [0.05, 0.1) is 4.92 Å². The van der Waals surface area contributed by atoms with E-state index in [1.54, 1.807) is 31.2 Å². The Morgan fingerprint density at radius 2 is 1.71 bits per heavy atom. The molecule has 0 spiro atoms. The number of aryl methyl sites for hydroxylation is 2. The van der Waals surface area contributed by atoms with Crippen molar-refractivity contribution in [2.75, 3.05) is 0 Å². The van der Waals surface area contributed by atoms with Crippen molar-refractivity contribution in [2.24, 2.45) is 0 Å². The molecular weight excluding hydrogens is 294 g/mol. The summed E-state index contributed by atoms with van der Waals surface area (Å²) in [7, 11) is -4.03. The van der Waals surface area contributed by atoms with Crippen LogP contribution in [0.3, 0.4) is 0 Å². The van der Waals surface area contributed by atoms with Gasteiger partial charge in [0.25, 0.3) is 5.69 Å². The van der Waals surface area contributed by atoms with E-state index in [4.69, 9.17) is 4.18 Å². The topological polar surface area (TPSA) is 86.5 Å². The highest BCUT2D eigenvalue weighted by Crippen LogP contribution is 2.26. The summed E-state index contributed by atoms with van der Waals surface area (Å²) in [6.07, 6.45) is 0. The van der Waals surface area contributed by atoms with Crippen molar-refractivity contribution in [1.29, 1.82) is 0 Å². The highest BCUT2D eigenvalue weighted by atomic mass is 32.2. The summed E-state index contributed by atoms with van der Waals surface area (Å²) in [5, 5.41) is 10.7. The maximum Gasteiger partial charge on any atom is 0.339 e. The molecule has 0 atom stereocenters. The minimum atomic E-state index is -4.03. The highest BCUT2D eigenvalue weighted by molar-refractivity contribution is 7.87. The van der Waals surface area contributed by atoms with E-state index in [2.05, 4.69) is 0 Å². The van der Waals surface area contributed by atoms with E-state index >= 15 is 0 Å². The van der Waals surface area contributed by atoms with E-state index in [-0.39, 0.29) is 21.9 Å². The van der Waals surface area contributed by atoms with Crippen molar-refractivity contribution in [2.45, 2.75) is 18.7 Å². The van der Waals surface area contributed by atoms with Crippen molar-refractivity contribution in [1.82, 2.24) is 0 Å². The van der Waals surface area contributed by atoms with Gasteiger partial charge in [0.2, 0.25) is 0 Å². The Hall–Kier alpha value is -2.41. The molecule has 0 unspecified atom stereocenters. The third-order valence-corrected chi connectivity index (χ3v) is 4.33. The second-order valence-corrected chi connectivity index (χ2v) is 6.02. The van der Waals surface area contributed by atoms with Gasteiger partial charge < -0.3 is 4.18 Å². The summed E-state index contributed by atoms with van der Waals surface area (Å²) in [5.74, 6) is 0.232. The molecule has 2 aromatic rings. The van der Waals surface area contributed by atoms with Gasteiger partial charge in [-0.3, -0.25) is 10.1 Å². The number of hydrogen-bond acceptors (Lipinski definition) is 5. The fraction of sp³-hybridized carbons (Fsp3) is 0.143. The third-order valence-electron chi connectivity index (χ3n) is 2.93. The summed E-state index contributed by atoms with van der Waals surface area (Å²) >= 11 is 0. The molecule has 0 heterocycles. The minimum absolute atomic E-state index is 0.0867. The van der Waals surface area contributed by atoms with E-state index in [1.807, 2.05) is 0 Å². The van der Waals surface area contributed by atoms with Gasteiger partial charge in [0.15, 0.2) is 0 Å². The summed E-state index contributed by atoms with van der Waals surface area (Å²) in [6, 6.07) is 10.2. The molecular formula is C14H13NO5S. The Morgan fingerprint density at radius 1 is 1.05 bits per heavy atom. The van der Waals surface area contributed by atoms with Crippen LogP contribution >= 0.6 is 0 Å². The number of nitro benzene ring substituents is 1. The van der Waals surface area contributed by atoms with Gasteiger partial charge in [-0.15, -0.1) is 0 Å². The Bertz CT molecular complexity index is 799. The van der Waals surface area contributed by atoms with Gasteiger partial charge in [0.1, 0.15) is 10.6 Å². The molecule has 0 aromatic heterocycles. The van der Waals surface area contributed by atoms with Crippen LogP contribution in [-0.4, -0.2) is 13.3 Å². The zero-order valence-electron chi connectivity index (χ0n) is 11.4. The molecule has 0 saturated heterocycles. The van der Waals surface area contributed by atoms with Crippen molar-refractivity contribution in [3.8, 4) is 5.75 Å². The van der Waals surface area contributed by atoms with Crippen LogP contribution in [0.4, 0.5) is 5.69 Å². The van der Waals surface area contributed by atoms with Crippen LogP contribution in [0.2, 0.25) is 0 Å². The van der Waals surface area contributed by atoms with E-state index < -0.39 is 15.0 Å². The van der Waals surface area contributed by atoms with Crippen LogP contribution in [-0.2, 0) is 10.1 Å². The van der Waals surface area contributed by atoms with Crippen LogP contribution in [0.5, 0.6) is 5.75 Å². The molecule has 0 saturated carbocycles. The smallest absolute Gasteiger partial charge is 0.339 e. The summed E-state index contributed by atoms with van der Waals surface area (Å²) in [4.78, 5) is 10.0. The van der Waals surface area contributed by atoms with Gasteiger partial charge in [0, 0.05) is 12.1 Å². The van der Waals surface area contributed by atoms with Gasteiger partial charge in [-0.1, -0.05) is 18.2 Å². The predicted molar refractivity (Wildman–Crippen MR) is 76.8 cm³/mol. The molecule has 0 aliphatic carbocycles. The maximum absolute atomic E-state index is 12.3. The summed E-state index contributed by atoms with van der Waals surface area (Å²) in [5.41, 5.74) is 0.778. The van der Waals surface area contributed by atoms with Crippen LogP contribution in [0.1, 0.15) is 11.1 Å². The fourth-order valence-electron chi connectivity index (χ4n) is 1.84. The molecule has 0 N–H and O–H groups in total. The van der Waals surface area contributed by atoms with Gasteiger partial charge in [-0.25, -0.2) is 0 Å². The molecule has 2 rings (SSSR count). The predicted octanol–water partition coefficient (Wildman–Crippen LogP) is 2.98. The number of nitrogens with zero attached hydrogens (tertiary/aromatic N) is 1.